The number of aldehydes is 1. The van der Waals surface area contributed by atoms with Crippen molar-refractivity contribution < 1.29 is 14.5 Å². The van der Waals surface area contributed by atoms with Gasteiger partial charge in [-0.05, 0) is 12.5 Å². The Balaban J connectivity index is 2.07. The van der Waals surface area contributed by atoms with Gasteiger partial charge >= 0.3 is 0 Å². The van der Waals surface area contributed by atoms with Crippen LogP contribution in [0.25, 0.3) is 5.69 Å². The summed E-state index contributed by atoms with van der Waals surface area (Å²) in [7, 11) is 0. The number of ether oxygens (including phenoxy) is 1. The monoisotopic (exact) mass is 287 g/mol. The maximum Gasteiger partial charge on any atom is 0.294 e. The number of aromatic nitrogens is 2. The summed E-state index contributed by atoms with van der Waals surface area (Å²) in [5.74, 6) is 0.0641. The van der Waals surface area contributed by atoms with E-state index in [0.29, 0.717) is 30.2 Å². The molecule has 2 heterocycles. The zero-order valence-electron chi connectivity index (χ0n) is 11.1. The van der Waals surface area contributed by atoms with Gasteiger partial charge in [0.2, 0.25) is 0 Å². The lowest BCUT2D eigenvalue weighted by Crippen LogP contribution is -2.04. The van der Waals surface area contributed by atoms with Crippen molar-refractivity contribution in [3.05, 3.63) is 51.8 Å². The fourth-order valence-corrected chi connectivity index (χ4v) is 2.49. The van der Waals surface area contributed by atoms with Gasteiger partial charge < -0.3 is 4.74 Å². The summed E-state index contributed by atoms with van der Waals surface area (Å²) in [6.07, 6.45) is 3.06. The van der Waals surface area contributed by atoms with Crippen LogP contribution in [-0.2, 0) is 4.74 Å². The lowest BCUT2D eigenvalue weighted by Gasteiger charge is -2.04. The summed E-state index contributed by atoms with van der Waals surface area (Å²) in [6.45, 7) is 1.16. The molecule has 2 aromatic rings. The van der Waals surface area contributed by atoms with Crippen molar-refractivity contribution in [2.24, 2.45) is 0 Å². The van der Waals surface area contributed by atoms with E-state index < -0.39 is 4.92 Å². The number of nitro groups is 1. The molecule has 0 saturated carbocycles. The fourth-order valence-electron chi connectivity index (χ4n) is 2.49. The van der Waals surface area contributed by atoms with Gasteiger partial charge in [-0.25, -0.2) is 4.68 Å². The van der Waals surface area contributed by atoms with E-state index in [-0.39, 0.29) is 11.6 Å². The van der Waals surface area contributed by atoms with Gasteiger partial charge in [0.1, 0.15) is 5.69 Å². The molecule has 21 heavy (non-hydrogen) atoms. The number of nitrogens with zero attached hydrogens (tertiary/aromatic N) is 3. The average Bonchev–Trinajstić information content (AvgIpc) is 3.15. The van der Waals surface area contributed by atoms with Gasteiger partial charge in [0.05, 0.1) is 22.8 Å². The van der Waals surface area contributed by atoms with Crippen LogP contribution in [0.2, 0.25) is 0 Å². The molecule has 1 aromatic carbocycles. The molecule has 1 aromatic heterocycles. The van der Waals surface area contributed by atoms with Crippen LogP contribution < -0.4 is 0 Å². The number of benzene rings is 1. The largest absolute Gasteiger partial charge is 0.381 e. The number of carbonyl (C=O) groups is 1. The van der Waals surface area contributed by atoms with Crippen LogP contribution in [0.3, 0.4) is 0 Å². The van der Waals surface area contributed by atoms with Gasteiger partial charge in [0, 0.05) is 24.8 Å². The minimum absolute atomic E-state index is 0.0494. The first kappa shape index (κ1) is 13.4. The molecule has 1 saturated heterocycles. The van der Waals surface area contributed by atoms with Gasteiger partial charge in [-0.1, -0.05) is 12.1 Å². The fraction of sp³-hybridized carbons (Fsp3) is 0.286. The first-order valence-corrected chi connectivity index (χ1v) is 6.57. The van der Waals surface area contributed by atoms with Gasteiger partial charge in [0.25, 0.3) is 5.69 Å². The van der Waals surface area contributed by atoms with E-state index in [2.05, 4.69) is 5.10 Å². The molecule has 0 bridgehead atoms. The van der Waals surface area contributed by atoms with E-state index in [9.17, 15) is 14.9 Å². The number of carbonyl (C=O) groups excluding carboxylic acids is 1. The van der Waals surface area contributed by atoms with Crippen molar-refractivity contribution in [3.63, 3.8) is 0 Å². The molecule has 1 unspecified atom stereocenters. The molecule has 1 aliphatic heterocycles. The summed E-state index contributed by atoms with van der Waals surface area (Å²) >= 11 is 0. The molecule has 1 atom stereocenters. The van der Waals surface area contributed by atoms with Crippen LogP contribution in [-0.4, -0.2) is 34.2 Å². The number of nitro benzene ring substituents is 1. The van der Waals surface area contributed by atoms with E-state index >= 15 is 0 Å². The van der Waals surface area contributed by atoms with Crippen molar-refractivity contribution in [3.8, 4) is 5.69 Å². The highest BCUT2D eigenvalue weighted by Gasteiger charge is 2.25. The molecule has 7 nitrogen and oxygen atoms in total. The van der Waals surface area contributed by atoms with E-state index in [1.165, 1.54) is 16.9 Å². The Kier molecular flexibility index (Phi) is 3.49. The highest BCUT2D eigenvalue weighted by Crippen LogP contribution is 2.28. The number of rotatable bonds is 4. The number of hydrogen-bond donors (Lipinski definition) is 0. The standard InChI is InChI=1S/C14H13N3O4/c18-8-11-7-16(15-14(11)10-5-6-21-9-10)12-3-1-2-4-13(12)17(19)20/h1-4,7-8,10H,5-6,9H2. The molecule has 1 aliphatic rings. The van der Waals surface area contributed by atoms with Crippen LogP contribution in [0.15, 0.2) is 30.5 Å². The molecule has 0 amide bonds. The van der Waals surface area contributed by atoms with E-state index in [0.717, 1.165) is 12.7 Å². The molecule has 7 heteroatoms. The van der Waals surface area contributed by atoms with Crippen LogP contribution in [0.5, 0.6) is 0 Å². The highest BCUT2D eigenvalue weighted by atomic mass is 16.6. The third kappa shape index (κ3) is 2.43. The van der Waals surface area contributed by atoms with Crippen molar-refractivity contribution >= 4 is 12.0 Å². The number of hydrogen-bond acceptors (Lipinski definition) is 5. The zero-order valence-corrected chi connectivity index (χ0v) is 11.1. The van der Waals surface area contributed by atoms with E-state index in [1.807, 2.05) is 0 Å². The quantitative estimate of drug-likeness (QED) is 0.488. The summed E-state index contributed by atoms with van der Waals surface area (Å²) in [5.41, 5.74) is 1.38. The highest BCUT2D eigenvalue weighted by molar-refractivity contribution is 5.77. The molecule has 108 valence electrons. The van der Waals surface area contributed by atoms with E-state index in [1.54, 1.807) is 18.2 Å². The van der Waals surface area contributed by atoms with Gasteiger partial charge in [-0.3, -0.25) is 14.9 Å². The molecule has 0 N–H and O–H groups in total. The predicted molar refractivity (Wildman–Crippen MR) is 73.8 cm³/mol. The second-order valence-corrected chi connectivity index (χ2v) is 4.84. The second kappa shape index (κ2) is 5.45. The number of para-hydroxylation sites is 2. The Labute approximate surface area is 120 Å². The predicted octanol–water partition coefficient (Wildman–Crippen LogP) is 2.10. The molecule has 0 aliphatic carbocycles. The summed E-state index contributed by atoms with van der Waals surface area (Å²) in [5, 5.41) is 15.5. The summed E-state index contributed by atoms with van der Waals surface area (Å²) in [6, 6.07) is 6.31. The third-order valence-electron chi connectivity index (χ3n) is 3.54. The second-order valence-electron chi connectivity index (χ2n) is 4.84. The Bertz CT molecular complexity index is 689. The maximum atomic E-state index is 11.2. The smallest absolute Gasteiger partial charge is 0.294 e. The Morgan fingerprint density at radius 1 is 1.43 bits per heavy atom. The van der Waals surface area contributed by atoms with E-state index in [4.69, 9.17) is 4.74 Å². The van der Waals surface area contributed by atoms with Crippen LogP contribution in [0, 0.1) is 10.1 Å². The molecule has 0 spiro atoms. The van der Waals surface area contributed by atoms with Crippen molar-refractivity contribution in [1.29, 1.82) is 0 Å². The maximum absolute atomic E-state index is 11.2. The SMILES string of the molecule is O=Cc1cn(-c2ccccc2[N+](=O)[O-])nc1C1CCOC1. The summed E-state index contributed by atoms with van der Waals surface area (Å²) < 4.78 is 6.71. The van der Waals surface area contributed by atoms with Gasteiger partial charge in [-0.15, -0.1) is 0 Å². The Morgan fingerprint density at radius 3 is 2.90 bits per heavy atom. The molecular formula is C14H13N3O4. The summed E-state index contributed by atoms with van der Waals surface area (Å²) in [4.78, 5) is 21.8. The Morgan fingerprint density at radius 2 is 2.24 bits per heavy atom. The lowest BCUT2D eigenvalue weighted by atomic mass is 10.0. The Hall–Kier alpha value is -2.54. The third-order valence-corrected chi connectivity index (χ3v) is 3.54. The molecule has 0 radical (unpaired) electrons. The minimum atomic E-state index is -0.462. The molecular weight excluding hydrogens is 274 g/mol. The topological polar surface area (TPSA) is 87.3 Å². The average molecular weight is 287 g/mol. The van der Waals surface area contributed by atoms with Crippen LogP contribution >= 0.6 is 0 Å². The van der Waals surface area contributed by atoms with Gasteiger partial charge in [-0.2, -0.15) is 5.10 Å². The zero-order chi connectivity index (χ0) is 14.8. The molecule has 3 rings (SSSR count). The first-order chi connectivity index (χ1) is 10.2. The lowest BCUT2D eigenvalue weighted by molar-refractivity contribution is -0.384. The first-order valence-electron chi connectivity index (χ1n) is 6.57. The molecule has 1 fully saturated rings. The normalized spacial score (nSPS) is 17.8. The van der Waals surface area contributed by atoms with Gasteiger partial charge in [0.15, 0.2) is 6.29 Å². The van der Waals surface area contributed by atoms with Crippen molar-refractivity contribution in [2.75, 3.05) is 13.2 Å². The van der Waals surface area contributed by atoms with Crippen LogP contribution in [0.4, 0.5) is 5.69 Å². The minimum Gasteiger partial charge on any atom is -0.381 e. The van der Waals surface area contributed by atoms with Crippen LogP contribution in [0.1, 0.15) is 28.4 Å². The van der Waals surface area contributed by atoms with Crippen molar-refractivity contribution in [1.82, 2.24) is 9.78 Å². The van der Waals surface area contributed by atoms with Crippen molar-refractivity contribution in [2.45, 2.75) is 12.3 Å².